The molecule has 0 spiro atoms. The molecule has 14 rings (SSSR count). The Kier molecular flexibility index (Phi) is 11.7. The van der Waals surface area contributed by atoms with Crippen LogP contribution in [0.25, 0.3) is 134 Å². The number of fused-ring (bicyclic) bond motifs is 6. The number of alkyl halides is 3. The van der Waals surface area contributed by atoms with Gasteiger partial charge >= 0.3 is 6.18 Å². The first kappa shape index (κ1) is 48.5. The summed E-state index contributed by atoms with van der Waals surface area (Å²) < 4.78 is 50.2. The van der Waals surface area contributed by atoms with Gasteiger partial charge in [-0.05, 0) is 90.3 Å². The zero-order valence-electron chi connectivity index (χ0n) is 43.2. The molecule has 4 heterocycles. The number of aryl methyl sites for hydroxylation is 1. The third kappa shape index (κ3) is 8.52. The number of hydrogen-bond donors (Lipinski definition) is 0. The molecule has 0 atom stereocenters. The lowest BCUT2D eigenvalue weighted by atomic mass is 9.92. The molecule has 384 valence electrons. The average Bonchev–Trinajstić information content (AvgIpc) is 4.04. The Hall–Kier alpha value is -10.9. The maximum absolute atomic E-state index is 15.4. The summed E-state index contributed by atoms with van der Waals surface area (Å²) >= 11 is 0. The van der Waals surface area contributed by atoms with E-state index in [4.69, 9.17) is 29.9 Å². The Bertz CT molecular complexity index is 4440. The van der Waals surface area contributed by atoms with Crippen LogP contribution in [0.2, 0.25) is 0 Å². The van der Waals surface area contributed by atoms with E-state index in [0.29, 0.717) is 51.9 Å². The topological polar surface area (TPSA) is 111 Å². The molecule has 0 fully saturated rings. The van der Waals surface area contributed by atoms with Crippen molar-refractivity contribution in [3.05, 3.63) is 253 Å². The van der Waals surface area contributed by atoms with Gasteiger partial charge in [0.05, 0.1) is 39.0 Å². The van der Waals surface area contributed by atoms with E-state index in [2.05, 4.69) is 6.07 Å². The molecule has 0 N–H and O–H groups in total. The van der Waals surface area contributed by atoms with Crippen molar-refractivity contribution in [1.29, 1.82) is 5.26 Å². The monoisotopic (exact) mass is 1050 g/mol. The summed E-state index contributed by atoms with van der Waals surface area (Å²) in [6.45, 7) is 1.69. The van der Waals surface area contributed by atoms with Gasteiger partial charge in [0.25, 0.3) is 0 Å². The second kappa shape index (κ2) is 19.5. The summed E-state index contributed by atoms with van der Waals surface area (Å²) in [5.74, 6) is 2.98. The van der Waals surface area contributed by atoms with E-state index in [9.17, 15) is 5.26 Å². The Labute approximate surface area is 462 Å². The van der Waals surface area contributed by atoms with Crippen molar-refractivity contribution in [1.82, 2.24) is 39.0 Å². The number of hydrogen-bond acceptors (Lipinski definition) is 7. The maximum atomic E-state index is 15.4. The van der Waals surface area contributed by atoms with E-state index in [1.807, 2.05) is 215 Å². The van der Waals surface area contributed by atoms with Crippen LogP contribution in [0.3, 0.4) is 0 Å². The molecule has 0 bridgehead atoms. The highest BCUT2D eigenvalue weighted by molar-refractivity contribution is 6.12. The van der Waals surface area contributed by atoms with E-state index < -0.39 is 11.7 Å². The van der Waals surface area contributed by atoms with Gasteiger partial charge in [-0.25, -0.2) is 29.9 Å². The minimum Gasteiger partial charge on any atom is -0.308 e. The van der Waals surface area contributed by atoms with Crippen LogP contribution in [-0.2, 0) is 6.18 Å². The lowest BCUT2D eigenvalue weighted by Gasteiger charge is -2.21. The quantitative estimate of drug-likeness (QED) is 0.142. The van der Waals surface area contributed by atoms with E-state index in [-0.39, 0.29) is 16.7 Å². The Morgan fingerprint density at radius 2 is 0.691 bits per heavy atom. The standard InChI is InChI=1S/C69H42F3N9/c1-42-19-18-30-55(69(70,71)72)62(42)49-39-60(80-56-31-16-14-28-50(56)52-37-47(33-35-58(52)80)67-76-63(43-20-6-2-7-21-43)74-64(77-67)44-22-8-3-9-23-44)54(41-73)61(40-49)81-57-32-17-15-29-51(57)53-38-48(34-36-59(53)81)68-78-65(45-24-10-4-11-25-45)75-66(79-68)46-26-12-5-13-27-46/h2-40H,1H3. The number of benzene rings is 10. The molecule has 9 nitrogen and oxygen atoms in total. The predicted molar refractivity (Wildman–Crippen MR) is 314 cm³/mol. The second-order valence-corrected chi connectivity index (χ2v) is 19.7. The van der Waals surface area contributed by atoms with E-state index >= 15 is 13.2 Å². The molecule has 0 aliphatic rings. The van der Waals surface area contributed by atoms with Crippen molar-refractivity contribution in [2.24, 2.45) is 0 Å². The molecule has 0 saturated heterocycles. The van der Waals surface area contributed by atoms with Crippen molar-refractivity contribution in [3.8, 4) is 96.9 Å². The predicted octanol–water partition coefficient (Wildman–Crippen LogP) is 17.1. The molecular weight excluding hydrogens is 1010 g/mol. The largest absolute Gasteiger partial charge is 0.417 e. The first-order valence-corrected chi connectivity index (χ1v) is 26.2. The molecule has 0 unspecified atom stereocenters. The Balaban J connectivity index is 1.01. The van der Waals surface area contributed by atoms with Crippen molar-refractivity contribution in [2.45, 2.75) is 13.1 Å². The van der Waals surface area contributed by atoms with Crippen LogP contribution in [0.15, 0.2) is 237 Å². The van der Waals surface area contributed by atoms with Crippen LogP contribution in [0.5, 0.6) is 0 Å². The fourth-order valence-corrected chi connectivity index (χ4v) is 11.1. The van der Waals surface area contributed by atoms with Crippen molar-refractivity contribution >= 4 is 43.6 Å². The van der Waals surface area contributed by atoms with Crippen LogP contribution in [0.1, 0.15) is 16.7 Å². The number of aromatic nitrogens is 8. The molecule has 0 amide bonds. The normalized spacial score (nSPS) is 11.7. The van der Waals surface area contributed by atoms with Crippen LogP contribution < -0.4 is 0 Å². The van der Waals surface area contributed by atoms with Gasteiger partial charge in [-0.1, -0.05) is 170 Å². The molecule has 0 radical (unpaired) electrons. The van der Waals surface area contributed by atoms with Gasteiger partial charge in [0, 0.05) is 54.9 Å². The van der Waals surface area contributed by atoms with Gasteiger partial charge in [-0.2, -0.15) is 18.4 Å². The zero-order chi connectivity index (χ0) is 54.8. The molecule has 81 heavy (non-hydrogen) atoms. The van der Waals surface area contributed by atoms with Crippen molar-refractivity contribution < 1.29 is 13.2 Å². The van der Waals surface area contributed by atoms with Crippen molar-refractivity contribution in [3.63, 3.8) is 0 Å². The summed E-state index contributed by atoms with van der Waals surface area (Å²) in [5, 5.41) is 15.1. The van der Waals surface area contributed by atoms with E-state index in [1.54, 1.807) is 25.1 Å². The first-order chi connectivity index (χ1) is 39.7. The maximum Gasteiger partial charge on any atom is 0.417 e. The molecule has 14 aromatic rings. The molecule has 4 aromatic heterocycles. The van der Waals surface area contributed by atoms with Gasteiger partial charge in [0.1, 0.15) is 11.6 Å². The lowest BCUT2D eigenvalue weighted by molar-refractivity contribution is -0.137. The van der Waals surface area contributed by atoms with Crippen LogP contribution >= 0.6 is 0 Å². The summed E-state index contributed by atoms with van der Waals surface area (Å²) in [4.78, 5) is 29.9. The molecule has 12 heteroatoms. The van der Waals surface area contributed by atoms with Crippen LogP contribution in [-0.4, -0.2) is 39.0 Å². The molecule has 0 aliphatic heterocycles. The average molecular weight is 1050 g/mol. The Morgan fingerprint density at radius 1 is 0.346 bits per heavy atom. The first-order valence-electron chi connectivity index (χ1n) is 26.2. The van der Waals surface area contributed by atoms with Gasteiger partial charge in [-0.15, -0.1) is 0 Å². The number of rotatable bonds is 9. The summed E-state index contributed by atoms with van der Waals surface area (Å²) in [5.41, 5.74) is 8.67. The highest BCUT2D eigenvalue weighted by atomic mass is 19.4. The number of nitriles is 1. The molecule has 0 saturated carbocycles. The number of nitrogens with zero attached hydrogens (tertiary/aromatic N) is 9. The zero-order valence-corrected chi connectivity index (χ0v) is 43.2. The second-order valence-electron chi connectivity index (χ2n) is 19.7. The highest BCUT2D eigenvalue weighted by Crippen LogP contribution is 2.45. The van der Waals surface area contributed by atoms with E-state index in [0.717, 1.165) is 83.1 Å². The van der Waals surface area contributed by atoms with Gasteiger partial charge in [0.15, 0.2) is 34.9 Å². The van der Waals surface area contributed by atoms with Crippen molar-refractivity contribution in [2.75, 3.05) is 0 Å². The summed E-state index contributed by atoms with van der Waals surface area (Å²) in [7, 11) is 0. The SMILES string of the molecule is Cc1cccc(C(F)(F)F)c1-c1cc(-n2c3ccccc3c3cc(-c4nc(-c5ccccc5)nc(-c5ccccc5)n4)ccc32)c(C#N)c(-n2c3ccccc3c3cc(-c4nc(-c5ccccc5)nc(-c5ccccc5)n4)ccc32)c1. The third-order valence-corrected chi connectivity index (χ3v) is 14.8. The number of para-hydroxylation sites is 2. The number of halogens is 3. The molecule has 10 aromatic carbocycles. The molecular formula is C69H42F3N9. The fourth-order valence-electron chi connectivity index (χ4n) is 11.1. The lowest BCUT2D eigenvalue weighted by Crippen LogP contribution is -2.10. The minimum atomic E-state index is -4.70. The smallest absolute Gasteiger partial charge is 0.308 e. The van der Waals surface area contributed by atoms with Gasteiger partial charge in [-0.3, -0.25) is 0 Å². The minimum absolute atomic E-state index is 0.0136. The summed E-state index contributed by atoms with van der Waals surface area (Å²) in [6, 6.07) is 76.9. The summed E-state index contributed by atoms with van der Waals surface area (Å²) in [6.07, 6.45) is -4.70. The van der Waals surface area contributed by atoms with Crippen LogP contribution in [0.4, 0.5) is 13.2 Å². The van der Waals surface area contributed by atoms with Gasteiger partial charge in [0.2, 0.25) is 0 Å². The van der Waals surface area contributed by atoms with Gasteiger partial charge < -0.3 is 9.13 Å². The highest BCUT2D eigenvalue weighted by Gasteiger charge is 2.35. The molecule has 0 aliphatic carbocycles. The third-order valence-electron chi connectivity index (χ3n) is 14.8. The fraction of sp³-hybridized carbons (Fsp3) is 0.0290. The van der Waals surface area contributed by atoms with Crippen LogP contribution in [0, 0.1) is 18.3 Å². The Morgan fingerprint density at radius 3 is 1.06 bits per heavy atom. The van der Waals surface area contributed by atoms with E-state index in [1.165, 1.54) is 6.07 Å².